The van der Waals surface area contributed by atoms with Crippen LogP contribution in [0.2, 0.25) is 0 Å². The van der Waals surface area contributed by atoms with Gasteiger partial charge >= 0.3 is 24.3 Å². The highest BCUT2D eigenvalue weighted by Gasteiger charge is 2.38. The third-order valence-electron chi connectivity index (χ3n) is 5.13. The molecular weight excluding hydrogens is 556 g/mol. The van der Waals surface area contributed by atoms with Gasteiger partial charge in [0.1, 0.15) is 6.10 Å². The Morgan fingerprint density at radius 1 is 1.00 bits per heavy atom. The summed E-state index contributed by atoms with van der Waals surface area (Å²) in [5, 5.41) is 25.0. The number of aromatic amines is 1. The van der Waals surface area contributed by atoms with Crippen LogP contribution < -0.4 is 10.1 Å². The first-order chi connectivity index (χ1) is 18.6. The highest BCUT2D eigenvalue weighted by atomic mass is 19.4. The molecule has 3 aromatic rings. The number of benzene rings is 1. The van der Waals surface area contributed by atoms with E-state index in [-0.39, 0.29) is 12.0 Å². The predicted octanol–water partition coefficient (Wildman–Crippen LogP) is 3.95. The number of amides is 1. The van der Waals surface area contributed by atoms with Crippen molar-refractivity contribution in [3.63, 3.8) is 0 Å². The van der Waals surface area contributed by atoms with Crippen LogP contribution in [0.1, 0.15) is 23.2 Å². The zero-order valence-corrected chi connectivity index (χ0v) is 20.6. The number of hydrogen-bond acceptors (Lipinski definition) is 7. The molecule has 0 unspecified atom stereocenters. The molecule has 0 radical (unpaired) electrons. The Bertz CT molecular complexity index is 1280. The first-order valence-electron chi connectivity index (χ1n) is 11.2. The molecule has 1 aliphatic rings. The smallest absolute Gasteiger partial charge is 0.475 e. The van der Waals surface area contributed by atoms with Crippen molar-refractivity contribution in [2.45, 2.75) is 31.3 Å². The number of piperidine rings is 1. The summed E-state index contributed by atoms with van der Waals surface area (Å²) >= 11 is 0. The average molecular weight is 579 g/mol. The molecule has 4 N–H and O–H groups in total. The van der Waals surface area contributed by atoms with Crippen LogP contribution in [0.4, 0.5) is 32.0 Å². The van der Waals surface area contributed by atoms with Crippen molar-refractivity contribution in [3.8, 4) is 5.88 Å². The number of carboxylic acid groups (broad SMARTS) is 2. The number of aromatic nitrogens is 3. The summed E-state index contributed by atoms with van der Waals surface area (Å²) in [5.74, 6) is -5.21. The molecule has 40 heavy (non-hydrogen) atoms. The second-order valence-corrected chi connectivity index (χ2v) is 8.24. The van der Waals surface area contributed by atoms with Crippen molar-refractivity contribution in [1.29, 1.82) is 0 Å². The lowest BCUT2D eigenvalue weighted by Gasteiger charge is -2.28. The summed E-state index contributed by atoms with van der Waals surface area (Å²) in [5.41, 5.74) is 2.18. The molecule has 1 fully saturated rings. The van der Waals surface area contributed by atoms with Crippen LogP contribution in [0.3, 0.4) is 0 Å². The number of rotatable bonds is 4. The number of hydrogen-bond donors (Lipinski definition) is 4. The summed E-state index contributed by atoms with van der Waals surface area (Å²) < 4.78 is 69.4. The molecule has 1 aliphatic heterocycles. The monoisotopic (exact) mass is 579 g/mol. The van der Waals surface area contributed by atoms with E-state index in [1.165, 1.54) is 0 Å². The van der Waals surface area contributed by atoms with Crippen molar-refractivity contribution in [3.05, 3.63) is 48.3 Å². The van der Waals surface area contributed by atoms with E-state index >= 15 is 0 Å². The number of halogens is 6. The number of aliphatic carboxylic acids is 2. The number of nitrogens with zero attached hydrogens (tertiary/aromatic N) is 3. The number of likely N-dealkylation sites (tertiary alicyclic amines) is 1. The van der Waals surface area contributed by atoms with E-state index in [1.807, 2.05) is 18.2 Å². The Balaban J connectivity index is 0.000000333. The minimum atomic E-state index is -5.08. The molecule has 0 spiro atoms. The van der Waals surface area contributed by atoms with Crippen LogP contribution in [0.15, 0.2) is 42.7 Å². The number of carboxylic acids is 2. The molecule has 11 nitrogen and oxygen atoms in total. The van der Waals surface area contributed by atoms with E-state index in [4.69, 9.17) is 24.5 Å². The Hall–Kier alpha value is -4.41. The van der Waals surface area contributed by atoms with Crippen molar-refractivity contribution in [2.24, 2.45) is 0 Å². The van der Waals surface area contributed by atoms with Gasteiger partial charge in [0, 0.05) is 42.0 Å². The number of anilines is 1. The van der Waals surface area contributed by atoms with Gasteiger partial charge in [-0.05, 0) is 44.2 Å². The second-order valence-electron chi connectivity index (χ2n) is 8.24. The molecule has 0 saturated carbocycles. The number of H-pyrrole nitrogens is 1. The Kier molecular flexibility index (Phi) is 10.8. The molecule has 3 heterocycles. The number of pyridine rings is 1. The predicted molar refractivity (Wildman–Crippen MR) is 127 cm³/mol. The zero-order valence-electron chi connectivity index (χ0n) is 20.6. The topological polar surface area (TPSA) is 158 Å². The van der Waals surface area contributed by atoms with Gasteiger partial charge in [0.2, 0.25) is 5.88 Å². The quantitative estimate of drug-likeness (QED) is 0.336. The fraction of sp³-hybridized carbons (Fsp3) is 0.348. The maximum Gasteiger partial charge on any atom is 0.490 e. The number of nitrogens with one attached hydrogen (secondary N) is 2. The van der Waals surface area contributed by atoms with Gasteiger partial charge in [-0.2, -0.15) is 31.4 Å². The average Bonchev–Trinajstić information content (AvgIpc) is 3.33. The van der Waals surface area contributed by atoms with Crippen LogP contribution in [-0.4, -0.2) is 86.7 Å². The highest BCUT2D eigenvalue weighted by Crippen LogP contribution is 2.20. The second kappa shape index (κ2) is 13.6. The van der Waals surface area contributed by atoms with Gasteiger partial charge in [-0.1, -0.05) is 0 Å². The van der Waals surface area contributed by atoms with Crippen LogP contribution in [-0.2, 0) is 9.59 Å². The first kappa shape index (κ1) is 31.8. The molecule has 4 rings (SSSR count). The SMILES string of the molecule is CN1CCC(Oc2cc(C(=O)Nc3ccc4[nH]ncc4c3)ccn2)CC1.O=C(O)C(F)(F)F.O=C(O)C(F)(F)F. The lowest BCUT2D eigenvalue weighted by atomic mass is 10.1. The summed E-state index contributed by atoms with van der Waals surface area (Å²) in [6, 6.07) is 9.00. The fourth-order valence-electron chi connectivity index (χ4n) is 3.11. The Morgan fingerprint density at radius 3 is 2.12 bits per heavy atom. The Morgan fingerprint density at radius 2 is 1.57 bits per heavy atom. The van der Waals surface area contributed by atoms with Crippen LogP contribution in [0, 0.1) is 0 Å². The lowest BCUT2D eigenvalue weighted by molar-refractivity contribution is -0.193. The molecule has 1 amide bonds. The number of ether oxygens (including phenoxy) is 1. The van der Waals surface area contributed by atoms with Gasteiger partial charge < -0.3 is 25.2 Å². The number of carbonyl (C=O) groups excluding carboxylic acids is 1. The maximum atomic E-state index is 12.6. The summed E-state index contributed by atoms with van der Waals surface area (Å²) in [6.07, 6.45) is -4.73. The van der Waals surface area contributed by atoms with Crippen molar-refractivity contribution >= 4 is 34.4 Å². The van der Waals surface area contributed by atoms with Crippen LogP contribution in [0.25, 0.3) is 10.9 Å². The molecule has 0 atom stereocenters. The van der Waals surface area contributed by atoms with Crippen LogP contribution in [0.5, 0.6) is 5.88 Å². The van der Waals surface area contributed by atoms with E-state index in [2.05, 4.69) is 32.4 Å². The van der Waals surface area contributed by atoms with Gasteiger partial charge in [-0.15, -0.1) is 0 Å². The molecule has 0 aliphatic carbocycles. The standard InChI is InChI=1S/C19H21N5O2.2C2HF3O2/c1-24-8-5-16(6-9-24)26-18-11-13(4-7-20-18)19(25)22-15-2-3-17-14(10-15)12-21-23-17;2*3-2(4,5)1(6)7/h2-4,7,10-12,16H,5-6,8-9H2,1H3,(H,21,23)(H,22,25);2*(H,6,7). The van der Waals surface area contributed by atoms with Gasteiger partial charge in [0.05, 0.1) is 11.7 Å². The first-order valence-corrected chi connectivity index (χ1v) is 11.2. The third kappa shape index (κ3) is 10.4. The third-order valence-corrected chi connectivity index (χ3v) is 5.13. The van der Waals surface area contributed by atoms with Gasteiger partial charge in [-0.25, -0.2) is 14.6 Å². The number of alkyl halides is 6. The summed E-state index contributed by atoms with van der Waals surface area (Å²) in [4.78, 5) is 36.9. The fourth-order valence-corrected chi connectivity index (χ4v) is 3.11. The molecule has 17 heteroatoms. The van der Waals surface area contributed by atoms with Gasteiger partial charge in [0.25, 0.3) is 5.91 Å². The van der Waals surface area contributed by atoms with Gasteiger partial charge in [0.15, 0.2) is 0 Å². The molecular formula is C23H23F6N5O6. The maximum absolute atomic E-state index is 12.6. The van der Waals surface area contributed by atoms with Crippen molar-refractivity contribution in [2.75, 3.05) is 25.5 Å². The highest BCUT2D eigenvalue weighted by molar-refractivity contribution is 6.05. The van der Waals surface area contributed by atoms with E-state index in [1.54, 1.807) is 24.5 Å². The van der Waals surface area contributed by atoms with E-state index in [0.29, 0.717) is 11.4 Å². The molecule has 0 bridgehead atoms. The van der Waals surface area contributed by atoms with E-state index in [0.717, 1.165) is 42.5 Å². The molecule has 1 saturated heterocycles. The zero-order chi connectivity index (χ0) is 30.1. The number of fused-ring (bicyclic) bond motifs is 1. The molecule has 2 aromatic heterocycles. The number of carbonyl (C=O) groups is 3. The minimum absolute atomic E-state index is 0.153. The van der Waals surface area contributed by atoms with E-state index in [9.17, 15) is 31.1 Å². The lowest BCUT2D eigenvalue weighted by Crippen LogP contribution is -2.35. The van der Waals surface area contributed by atoms with Gasteiger partial charge in [-0.3, -0.25) is 9.89 Å². The van der Waals surface area contributed by atoms with Crippen molar-refractivity contribution in [1.82, 2.24) is 20.1 Å². The van der Waals surface area contributed by atoms with E-state index < -0.39 is 24.3 Å². The normalized spacial score (nSPS) is 14.3. The molecule has 218 valence electrons. The minimum Gasteiger partial charge on any atom is -0.475 e. The molecule has 1 aromatic carbocycles. The summed E-state index contributed by atoms with van der Waals surface area (Å²) in [7, 11) is 2.11. The Labute approximate surface area is 221 Å². The van der Waals surface area contributed by atoms with Crippen LogP contribution >= 0.6 is 0 Å². The van der Waals surface area contributed by atoms with Crippen molar-refractivity contribution < 1.29 is 55.7 Å². The largest absolute Gasteiger partial charge is 0.490 e. The summed E-state index contributed by atoms with van der Waals surface area (Å²) in [6.45, 7) is 2.03.